The number of rotatable bonds is 34. The average molecular weight is 1610 g/mol. The van der Waals surface area contributed by atoms with Crippen LogP contribution < -0.4 is 16.0 Å². The van der Waals surface area contributed by atoms with Crippen LogP contribution in [0.1, 0.15) is 93.0 Å². The summed E-state index contributed by atoms with van der Waals surface area (Å²) in [6.45, 7) is 6.59. The van der Waals surface area contributed by atoms with E-state index in [-0.39, 0.29) is 29.9 Å². The van der Waals surface area contributed by atoms with E-state index in [1.54, 1.807) is 32.4 Å². The number of ether oxygens (including phenoxy) is 3. The Morgan fingerprint density at radius 1 is 0.533 bits per heavy atom. The molecule has 46 heteroatoms. The van der Waals surface area contributed by atoms with E-state index in [0.29, 0.717) is 48.5 Å². The van der Waals surface area contributed by atoms with Crippen molar-refractivity contribution in [1.82, 2.24) is 14.2 Å². The molecule has 0 bridgehead atoms. The van der Waals surface area contributed by atoms with Crippen LogP contribution in [0.3, 0.4) is 0 Å². The first-order valence-corrected chi connectivity index (χ1v) is 30.5. The Morgan fingerprint density at radius 3 is 1.21 bits per heavy atom. The molecule has 4 atom stereocenters. The highest BCUT2D eigenvalue weighted by molar-refractivity contribution is 7.44. The highest BCUT2D eigenvalue weighted by Gasteiger charge is 2.97. The number of methoxy groups -OCH3 is 1. The minimum absolute atomic E-state index is 0.0597. The maximum absolute atomic E-state index is 15.3. The van der Waals surface area contributed by atoms with Crippen molar-refractivity contribution in [3.63, 3.8) is 0 Å². The van der Waals surface area contributed by atoms with E-state index in [9.17, 15) is 129 Å². The van der Waals surface area contributed by atoms with Crippen molar-refractivity contribution in [3.05, 3.63) is 133 Å². The van der Waals surface area contributed by atoms with E-state index in [0.717, 1.165) is 42.1 Å². The monoisotopic (exact) mass is 1610 g/mol. The summed E-state index contributed by atoms with van der Waals surface area (Å²) in [5.41, 5.74) is -7.88. The van der Waals surface area contributed by atoms with E-state index < -0.39 is 212 Å². The van der Waals surface area contributed by atoms with Gasteiger partial charge in [-0.25, -0.2) is 9.46 Å². The molecule has 0 aliphatic carbocycles. The number of H-pyrrole nitrogens is 1. The van der Waals surface area contributed by atoms with Crippen molar-refractivity contribution in [2.24, 2.45) is 0 Å². The lowest BCUT2D eigenvalue weighted by Crippen LogP contribution is -2.74. The number of benzene rings is 3. The number of hydrogen-bond acceptors (Lipinski definition) is 9. The van der Waals surface area contributed by atoms with Gasteiger partial charge in [0.2, 0.25) is 0 Å². The molecule has 0 radical (unpaired) electrons. The largest absolute Gasteiger partial charge is 0.497 e. The van der Waals surface area contributed by atoms with E-state index in [4.69, 9.17) is 23.3 Å². The third kappa shape index (κ3) is 15.4. The predicted molar refractivity (Wildman–Crippen MR) is 294 cm³/mol. The van der Waals surface area contributed by atoms with Gasteiger partial charge >= 0.3 is 101 Å². The number of nitriles is 1. The molecule has 0 saturated carbocycles. The number of alkyl halides is 34. The van der Waals surface area contributed by atoms with Gasteiger partial charge in [0.15, 0.2) is 0 Å². The molecule has 594 valence electrons. The van der Waals surface area contributed by atoms with Gasteiger partial charge in [0.1, 0.15) is 23.7 Å². The van der Waals surface area contributed by atoms with Gasteiger partial charge in [-0.3, -0.25) is 14.3 Å². The molecule has 1 aliphatic rings. The molecule has 5 rings (SSSR count). The molecule has 1 unspecified atom stereocenters. The standard InChI is InChI=1S/C59H53F34N4O7P/c1-29(2)97(30(3)4)105(102-25-7-24-94)104-38-26-40(96-27-31(5)41(98)95-42(96)99)103-39(38)28-101-45(36-16-18-37(100-6)19-17-36,34-12-8-32(9-13-34)20-22-43(60,61)46(64,65)48(68,69)50(72,73)52(76,77)54(80,81)56(84,85)58(88,89)90)35-14-10-33(11-15-35)21-23-44(62,63)47(66,67)49(70,71)51(74,75)53(78,79)55(82,83)57(86,87)59(91,92)93/h8-19,27,29-30,38-40H,7,20-23,25-26,28H2,1-6H3,(H,95,98,99)/t38-,39+,40+,105?/m0/s1. The molecule has 1 fully saturated rings. The van der Waals surface area contributed by atoms with Crippen molar-refractivity contribution in [3.8, 4) is 11.8 Å². The highest BCUT2D eigenvalue weighted by Crippen LogP contribution is 2.67. The molecule has 0 amide bonds. The van der Waals surface area contributed by atoms with Crippen molar-refractivity contribution in [2.45, 2.75) is 205 Å². The summed E-state index contributed by atoms with van der Waals surface area (Å²) in [5, 5.41) is 9.36. The quantitative estimate of drug-likeness (QED) is 0.0210. The number of halogens is 34. The Morgan fingerprint density at radius 2 is 0.876 bits per heavy atom. The maximum Gasteiger partial charge on any atom is 0.460 e. The minimum atomic E-state index is -8.95. The van der Waals surface area contributed by atoms with Crippen LogP contribution in [0, 0.1) is 18.3 Å². The second-order valence-electron chi connectivity index (χ2n) is 23.9. The van der Waals surface area contributed by atoms with Gasteiger partial charge in [-0.2, -0.15) is 155 Å². The Balaban J connectivity index is 1.71. The minimum Gasteiger partial charge on any atom is -0.497 e. The average Bonchev–Trinajstić information content (AvgIpc) is 0.901. The first-order chi connectivity index (χ1) is 47.2. The summed E-state index contributed by atoms with van der Waals surface area (Å²) in [4.78, 5) is 27.9. The first-order valence-electron chi connectivity index (χ1n) is 29.4. The van der Waals surface area contributed by atoms with Crippen LogP contribution in [0.15, 0.2) is 88.6 Å². The molecule has 4 aromatic rings. The molecule has 1 N–H and O–H groups in total. The van der Waals surface area contributed by atoms with Gasteiger partial charge in [-0.1, -0.05) is 60.7 Å². The van der Waals surface area contributed by atoms with Crippen LogP contribution in [0.4, 0.5) is 149 Å². The summed E-state index contributed by atoms with van der Waals surface area (Å²) < 4.78 is 515. The van der Waals surface area contributed by atoms with Gasteiger partial charge in [-0.15, -0.1) is 0 Å². The van der Waals surface area contributed by atoms with Gasteiger partial charge in [0, 0.05) is 43.1 Å². The van der Waals surface area contributed by atoms with E-state index in [1.807, 2.05) is 11.1 Å². The summed E-state index contributed by atoms with van der Waals surface area (Å²) >= 11 is 0. The number of aryl methyl sites for hydroxylation is 3. The Hall–Kier alpha value is -6.52. The Kier molecular flexibility index (Phi) is 25.3. The van der Waals surface area contributed by atoms with E-state index >= 15 is 35.1 Å². The molecule has 2 heterocycles. The van der Waals surface area contributed by atoms with Gasteiger partial charge in [-0.05, 0) is 87.4 Å². The van der Waals surface area contributed by atoms with E-state index in [2.05, 4.69) is 0 Å². The zero-order chi connectivity index (χ0) is 81.1. The molecule has 1 aliphatic heterocycles. The van der Waals surface area contributed by atoms with Gasteiger partial charge < -0.3 is 23.3 Å². The normalized spacial score (nSPS) is 17.8. The number of aromatic nitrogens is 2. The van der Waals surface area contributed by atoms with Crippen LogP contribution in [-0.2, 0) is 37.0 Å². The third-order valence-corrected chi connectivity index (χ3v) is 18.4. The smallest absolute Gasteiger partial charge is 0.460 e. The zero-order valence-corrected chi connectivity index (χ0v) is 54.4. The lowest BCUT2D eigenvalue weighted by atomic mass is 9.79. The fraction of sp³-hybridized carbons (Fsp3) is 0.610. The van der Waals surface area contributed by atoms with Crippen LogP contribution in [-0.4, -0.2) is 154 Å². The van der Waals surface area contributed by atoms with Crippen LogP contribution in [0.25, 0.3) is 0 Å². The van der Waals surface area contributed by atoms with E-state index in [1.165, 1.54) is 6.92 Å². The topological polar surface area (TPSA) is 128 Å². The fourth-order valence-electron chi connectivity index (χ4n) is 10.2. The number of nitrogens with zero attached hydrogens (tertiary/aromatic N) is 3. The first kappa shape index (κ1) is 89.1. The summed E-state index contributed by atoms with van der Waals surface area (Å²) in [6.07, 6.45) is -30.1. The SMILES string of the molecule is COc1ccc(C(OC[C@H]2O[C@@H](n3cc(C)c(=O)[nH]c3=O)C[C@@H]2OP(OCCC#N)N(C(C)C)C(C)C)(c2ccc(CCC(F)(F)C(F)(F)C(F)(F)C(F)(F)C(F)(F)C(F)(F)C(F)(F)C(F)(F)F)cc2)c2ccc(CCC(F)(F)C(F)(F)C(F)(F)C(F)(F)C(F)(F)C(F)(F)C(F)(F)C(F)(F)F)cc2)cc1. The van der Waals surface area contributed by atoms with Crippen LogP contribution >= 0.6 is 8.53 Å². The van der Waals surface area contributed by atoms with Crippen LogP contribution in [0.2, 0.25) is 0 Å². The lowest BCUT2D eigenvalue weighted by Gasteiger charge is -2.42. The molecular formula is C59H53F34N4O7P. The lowest BCUT2D eigenvalue weighted by molar-refractivity contribution is -0.461. The molecule has 105 heavy (non-hydrogen) atoms. The third-order valence-electron chi connectivity index (χ3n) is 16.2. The molecule has 1 aromatic heterocycles. The fourth-order valence-corrected chi connectivity index (χ4v) is 12.0. The number of aromatic amines is 1. The van der Waals surface area contributed by atoms with Gasteiger partial charge in [0.05, 0.1) is 38.9 Å². The number of hydrogen-bond donors (Lipinski definition) is 1. The summed E-state index contributed by atoms with van der Waals surface area (Å²) in [7, 11) is -1.29. The second-order valence-corrected chi connectivity index (χ2v) is 25.4. The molecule has 1 saturated heterocycles. The van der Waals surface area contributed by atoms with Crippen molar-refractivity contribution >= 4 is 8.53 Å². The summed E-state index contributed by atoms with van der Waals surface area (Å²) in [5.74, 6) is -118. The maximum atomic E-state index is 15.3. The Labute approximate surface area is 569 Å². The predicted octanol–water partition coefficient (Wildman–Crippen LogP) is 18.7. The highest BCUT2D eigenvalue weighted by atomic mass is 31.2. The molecule has 0 spiro atoms. The Bertz CT molecular complexity index is 3630. The molecule has 3 aromatic carbocycles. The summed E-state index contributed by atoms with van der Waals surface area (Å²) in [6, 6.07) is 10.3. The zero-order valence-electron chi connectivity index (χ0n) is 53.5. The van der Waals surface area contributed by atoms with Crippen molar-refractivity contribution in [2.75, 3.05) is 20.3 Å². The van der Waals surface area contributed by atoms with Crippen LogP contribution in [0.5, 0.6) is 5.75 Å². The van der Waals surface area contributed by atoms with Gasteiger partial charge in [0.25, 0.3) is 14.1 Å². The molecular weight excluding hydrogens is 1550 g/mol. The van der Waals surface area contributed by atoms with Crippen molar-refractivity contribution < 1.29 is 173 Å². The number of nitrogens with one attached hydrogen (secondary N) is 1. The molecule has 11 nitrogen and oxygen atoms in total. The second kappa shape index (κ2) is 29.8. The van der Waals surface area contributed by atoms with Crippen molar-refractivity contribution in [1.29, 1.82) is 5.26 Å².